The highest BCUT2D eigenvalue weighted by atomic mass is 31.2. The number of carbonyl (C=O) groups is 3. The molecule has 3 N–H and O–H groups in total. The molecular weight excluding hydrogens is 529 g/mol. The van der Waals surface area contributed by atoms with Crippen LogP contribution in [0.2, 0.25) is 0 Å². The molecule has 40 heavy (non-hydrogen) atoms. The second kappa shape index (κ2) is 12.1. The van der Waals surface area contributed by atoms with Crippen LogP contribution in [0.3, 0.4) is 0 Å². The second-order valence-corrected chi connectivity index (χ2v) is 15.2. The maximum Gasteiger partial charge on any atom is 0.408 e. The highest BCUT2D eigenvalue weighted by molar-refractivity contribution is 7.60. The van der Waals surface area contributed by atoms with Crippen molar-refractivity contribution in [3.05, 3.63) is 48.6 Å². The summed E-state index contributed by atoms with van der Waals surface area (Å²) in [5, 5.41) is 4.41. The van der Waals surface area contributed by atoms with E-state index in [-0.39, 0.29) is 24.1 Å². The third-order valence-corrected chi connectivity index (χ3v) is 11.3. The lowest BCUT2D eigenvalue weighted by atomic mass is 9.85. The molecule has 0 bridgehead atoms. The van der Waals surface area contributed by atoms with Gasteiger partial charge in [0.05, 0.1) is 0 Å². The minimum atomic E-state index is -3.82. The monoisotopic (exact) mass is 573 g/mol. The van der Waals surface area contributed by atoms with E-state index < -0.39 is 42.1 Å². The molecule has 2 saturated carbocycles. The molecule has 1 aromatic rings. The number of nitrogens with one attached hydrogen (secondary N) is 2. The zero-order valence-corrected chi connectivity index (χ0v) is 24.8. The van der Waals surface area contributed by atoms with Gasteiger partial charge in [0.25, 0.3) is 0 Å². The lowest BCUT2D eigenvalue weighted by molar-refractivity contribution is -0.142. The summed E-state index contributed by atoms with van der Waals surface area (Å²) in [7, 11) is -3.82. The molecule has 0 aromatic heterocycles. The molecular formula is C30H44N3O6P. The average molecular weight is 574 g/mol. The molecule has 1 aliphatic heterocycles. The number of carbonyl (C=O) groups excluding carboxylic acids is 3. The van der Waals surface area contributed by atoms with E-state index in [1.165, 1.54) is 4.90 Å². The lowest BCUT2D eigenvalue weighted by Crippen LogP contribution is -2.58. The molecule has 5 atom stereocenters. The Balaban J connectivity index is 1.45. The summed E-state index contributed by atoms with van der Waals surface area (Å²) >= 11 is 0. The Hall–Kier alpha value is -2.64. The molecule has 0 spiro atoms. The first-order valence-corrected chi connectivity index (χ1v) is 16.3. The first-order valence-electron chi connectivity index (χ1n) is 14.5. The quantitative estimate of drug-likeness (QED) is 0.278. The predicted molar refractivity (Wildman–Crippen MR) is 154 cm³/mol. The Kier molecular flexibility index (Phi) is 9.15. The molecule has 1 aromatic carbocycles. The minimum Gasteiger partial charge on any atom is -0.446 e. The number of likely N-dealkylation sites (tertiary alicyclic amines) is 1. The van der Waals surface area contributed by atoms with Crippen LogP contribution in [-0.4, -0.2) is 63.9 Å². The molecule has 2 aliphatic carbocycles. The molecule has 3 fully saturated rings. The van der Waals surface area contributed by atoms with Gasteiger partial charge in [0.15, 0.2) is 0 Å². The summed E-state index contributed by atoms with van der Waals surface area (Å²) in [6, 6.07) is 7.81. The van der Waals surface area contributed by atoms with Crippen LogP contribution in [0.5, 0.6) is 0 Å². The molecule has 0 radical (unpaired) electrons. The fourth-order valence-electron chi connectivity index (χ4n) is 6.04. The summed E-state index contributed by atoms with van der Waals surface area (Å²) < 4.78 is 19.2. The van der Waals surface area contributed by atoms with E-state index in [1.54, 1.807) is 6.08 Å². The standard InChI is InChI=1S/C30H44N3O6P/c1-5-22-20-30(22,40(37,38)19-17-21-12-7-6-8-13-21)32-26(34)24-16-11-18-33(24)27(35)25(29(2,3)4)31-28(36)39-23-14-9-10-15-23/h5-8,12-13,22-25H,1,9-11,14-20H2,2-4H3,(H,31,36)(H,32,34)(H,37,38)/t22-,24+,25-,30+/m1/s1. The summed E-state index contributed by atoms with van der Waals surface area (Å²) in [5.74, 6) is -1.11. The first-order chi connectivity index (χ1) is 18.9. The van der Waals surface area contributed by atoms with Crippen molar-refractivity contribution >= 4 is 25.3 Å². The molecule has 10 heteroatoms. The van der Waals surface area contributed by atoms with E-state index in [4.69, 9.17) is 4.74 Å². The van der Waals surface area contributed by atoms with Gasteiger partial charge in [-0.15, -0.1) is 6.58 Å². The largest absolute Gasteiger partial charge is 0.446 e. The van der Waals surface area contributed by atoms with Crippen LogP contribution in [0.25, 0.3) is 0 Å². The maximum absolute atomic E-state index is 13.8. The summed E-state index contributed by atoms with van der Waals surface area (Å²) in [4.78, 5) is 52.8. The highest BCUT2D eigenvalue weighted by Crippen LogP contribution is 2.69. The fraction of sp³-hybridized carbons (Fsp3) is 0.633. The molecule has 4 rings (SSSR count). The Labute approximate surface area is 237 Å². The van der Waals surface area contributed by atoms with E-state index >= 15 is 0 Å². The summed E-state index contributed by atoms with van der Waals surface area (Å²) in [6.45, 7) is 9.76. The van der Waals surface area contributed by atoms with Crippen LogP contribution in [-0.2, 0) is 25.3 Å². The molecule has 3 amide bonds. The van der Waals surface area contributed by atoms with Crippen molar-refractivity contribution in [1.82, 2.24) is 15.5 Å². The third-order valence-electron chi connectivity index (χ3n) is 8.57. The van der Waals surface area contributed by atoms with Crippen molar-refractivity contribution in [3.63, 3.8) is 0 Å². The smallest absolute Gasteiger partial charge is 0.408 e. The number of benzene rings is 1. The van der Waals surface area contributed by atoms with Crippen LogP contribution in [0.4, 0.5) is 4.79 Å². The third kappa shape index (κ3) is 6.63. The van der Waals surface area contributed by atoms with E-state index in [9.17, 15) is 23.8 Å². The first kappa shape index (κ1) is 30.3. The van der Waals surface area contributed by atoms with Crippen molar-refractivity contribution in [2.24, 2.45) is 11.3 Å². The van der Waals surface area contributed by atoms with Crippen molar-refractivity contribution in [2.75, 3.05) is 12.7 Å². The molecule has 3 aliphatic rings. The highest BCUT2D eigenvalue weighted by Gasteiger charge is 2.65. The summed E-state index contributed by atoms with van der Waals surface area (Å²) in [5.41, 5.74) is 0.327. The van der Waals surface area contributed by atoms with Crippen molar-refractivity contribution in [3.8, 4) is 0 Å². The number of aryl methyl sites for hydroxylation is 1. The van der Waals surface area contributed by atoms with Gasteiger partial charge in [0.1, 0.15) is 23.5 Å². The average Bonchev–Trinajstić information content (AvgIpc) is 3.24. The number of rotatable bonds is 10. The number of hydrogen-bond acceptors (Lipinski definition) is 5. The number of hydrogen-bond donors (Lipinski definition) is 3. The van der Waals surface area contributed by atoms with Gasteiger partial charge in [-0.05, 0) is 62.3 Å². The van der Waals surface area contributed by atoms with E-state index in [0.717, 1.165) is 31.2 Å². The maximum atomic E-state index is 13.8. The van der Waals surface area contributed by atoms with Crippen LogP contribution in [0.15, 0.2) is 43.0 Å². The molecule has 1 unspecified atom stereocenters. The number of amides is 3. The van der Waals surface area contributed by atoms with Crippen LogP contribution >= 0.6 is 7.37 Å². The van der Waals surface area contributed by atoms with Gasteiger partial charge in [0, 0.05) is 18.6 Å². The zero-order chi connectivity index (χ0) is 29.1. The van der Waals surface area contributed by atoms with Gasteiger partial charge >= 0.3 is 6.09 Å². The summed E-state index contributed by atoms with van der Waals surface area (Å²) in [6.07, 6.45) is 6.41. The normalized spacial score (nSPS) is 26.9. The van der Waals surface area contributed by atoms with Crippen molar-refractivity contribution in [1.29, 1.82) is 0 Å². The van der Waals surface area contributed by atoms with E-state index in [0.29, 0.717) is 32.2 Å². The van der Waals surface area contributed by atoms with Gasteiger partial charge in [-0.1, -0.05) is 57.2 Å². The predicted octanol–water partition coefficient (Wildman–Crippen LogP) is 4.59. The minimum absolute atomic E-state index is 0.0358. The van der Waals surface area contributed by atoms with Gasteiger partial charge < -0.3 is 25.2 Å². The molecule has 9 nitrogen and oxygen atoms in total. The van der Waals surface area contributed by atoms with Gasteiger partial charge in [-0.25, -0.2) is 4.79 Å². The number of alkyl carbamates (subject to hydrolysis) is 1. The van der Waals surface area contributed by atoms with Gasteiger partial charge in [0.2, 0.25) is 19.2 Å². The Morgan fingerprint density at radius 3 is 2.45 bits per heavy atom. The Morgan fingerprint density at radius 2 is 1.85 bits per heavy atom. The molecule has 1 saturated heterocycles. The zero-order valence-electron chi connectivity index (χ0n) is 23.9. The molecule has 220 valence electrons. The Morgan fingerprint density at radius 1 is 1.18 bits per heavy atom. The Bertz CT molecular complexity index is 1150. The van der Waals surface area contributed by atoms with E-state index in [2.05, 4.69) is 17.2 Å². The van der Waals surface area contributed by atoms with Crippen LogP contribution < -0.4 is 10.6 Å². The van der Waals surface area contributed by atoms with Crippen LogP contribution in [0.1, 0.15) is 71.3 Å². The van der Waals surface area contributed by atoms with Crippen molar-refractivity contribution < 1.29 is 28.6 Å². The molecule has 1 heterocycles. The van der Waals surface area contributed by atoms with E-state index in [1.807, 2.05) is 51.1 Å². The van der Waals surface area contributed by atoms with Gasteiger partial charge in [-0.3, -0.25) is 14.2 Å². The topological polar surface area (TPSA) is 125 Å². The number of ether oxygens (including phenoxy) is 1. The van der Waals surface area contributed by atoms with Gasteiger partial charge in [-0.2, -0.15) is 0 Å². The lowest BCUT2D eigenvalue weighted by Gasteiger charge is -2.36. The fourth-order valence-corrected chi connectivity index (χ4v) is 8.39. The second-order valence-electron chi connectivity index (χ2n) is 12.6. The van der Waals surface area contributed by atoms with Crippen molar-refractivity contribution in [2.45, 2.75) is 95.6 Å². The van der Waals surface area contributed by atoms with Crippen LogP contribution in [0, 0.1) is 11.3 Å². The SMILES string of the molecule is C=C[C@@H]1C[C@]1(NC(=O)[C@@H]1CCCN1C(=O)[C@@H](NC(=O)OC1CCCC1)C(C)(C)C)P(=O)(O)CCc1ccccc1. The number of nitrogens with zero attached hydrogens (tertiary/aromatic N) is 1.